The first-order valence-electron chi connectivity index (χ1n) is 12.5. The molecule has 0 unspecified atom stereocenters. The summed E-state index contributed by atoms with van der Waals surface area (Å²) in [6.45, 7) is 0. The largest absolute Gasteiger partial charge is 0.456 e. The molecule has 0 spiro atoms. The van der Waals surface area contributed by atoms with E-state index < -0.39 is 11.7 Å². The van der Waals surface area contributed by atoms with Crippen molar-refractivity contribution >= 4 is 34.7 Å². The molecule has 3 heterocycles. The molecule has 1 saturated carbocycles. The van der Waals surface area contributed by atoms with Crippen LogP contribution in [0.2, 0.25) is 0 Å². The summed E-state index contributed by atoms with van der Waals surface area (Å²) in [7, 11) is 0. The smallest absolute Gasteiger partial charge is 0.325 e. The van der Waals surface area contributed by atoms with Gasteiger partial charge in [0.1, 0.15) is 28.7 Å². The first-order valence-corrected chi connectivity index (χ1v) is 12.5. The summed E-state index contributed by atoms with van der Waals surface area (Å²) in [5, 5.41) is 16.3. The molecule has 2 amide bonds. The molecule has 11 heteroatoms. The molecule has 0 saturated heterocycles. The Hall–Kier alpha value is -5.45. The van der Waals surface area contributed by atoms with Crippen molar-refractivity contribution in [1.29, 1.82) is 0 Å². The number of hydrogen-bond donors (Lipinski definition) is 4. The van der Waals surface area contributed by atoms with Gasteiger partial charge in [-0.15, -0.1) is 0 Å². The number of fused-ring (bicyclic) bond motifs is 1. The minimum atomic E-state index is -0.574. The maximum Gasteiger partial charge on any atom is 0.325 e. The molecule has 0 aliphatic heterocycles. The van der Waals surface area contributed by atoms with Crippen molar-refractivity contribution in [1.82, 2.24) is 9.38 Å². The van der Waals surface area contributed by atoms with Gasteiger partial charge in [-0.05, 0) is 79.6 Å². The molecule has 5 N–H and O–H groups in total. The van der Waals surface area contributed by atoms with E-state index in [4.69, 9.17) is 10.5 Å². The maximum atomic E-state index is 13.3. The van der Waals surface area contributed by atoms with Crippen molar-refractivity contribution in [3.05, 3.63) is 96.7 Å². The molecular formula is C29H24FN6O4+. The second-order valence-corrected chi connectivity index (χ2v) is 9.44. The number of amides is 2. The monoisotopic (exact) mass is 539 g/mol. The molecule has 0 radical (unpaired) electrons. The molecule has 0 bridgehead atoms. The lowest BCUT2D eigenvalue weighted by molar-refractivity contribution is -0.896. The number of anilines is 3. The molecule has 1 aliphatic rings. The zero-order valence-corrected chi connectivity index (χ0v) is 21.0. The third-order valence-electron chi connectivity index (χ3n) is 6.46. The average Bonchev–Trinajstić information content (AvgIpc) is 3.71. The lowest BCUT2D eigenvalue weighted by Crippen LogP contribution is -2.42. The number of aromatic nitrogens is 3. The fraction of sp³-hybridized carbons (Fsp3) is 0.103. The SMILES string of the molecule is Nc1ccc(C(=O)Nc2ccc(Oc3ccc4nc(NC(=O)C5CC5)cn4c3)cc2)[n+](O)c1-c1ccc(F)cc1. The van der Waals surface area contributed by atoms with E-state index in [0.717, 1.165) is 12.8 Å². The Morgan fingerprint density at radius 3 is 2.40 bits per heavy atom. The van der Waals surface area contributed by atoms with Crippen molar-refractivity contribution < 1.29 is 28.7 Å². The van der Waals surface area contributed by atoms with Crippen molar-refractivity contribution in [2.75, 3.05) is 16.4 Å². The number of hydrogen-bond acceptors (Lipinski definition) is 6. The summed E-state index contributed by atoms with van der Waals surface area (Å²) >= 11 is 0. The van der Waals surface area contributed by atoms with E-state index in [1.807, 2.05) is 0 Å². The Kier molecular flexibility index (Phi) is 6.23. The van der Waals surface area contributed by atoms with Gasteiger partial charge in [-0.1, -0.05) is 0 Å². The van der Waals surface area contributed by atoms with Crippen LogP contribution in [-0.2, 0) is 4.79 Å². The molecule has 1 aliphatic carbocycles. The second-order valence-electron chi connectivity index (χ2n) is 9.44. The summed E-state index contributed by atoms with van der Waals surface area (Å²) in [6, 6.07) is 18.6. The topological polar surface area (TPSA) is 135 Å². The van der Waals surface area contributed by atoms with Crippen LogP contribution in [0.15, 0.2) is 85.2 Å². The van der Waals surface area contributed by atoms with Gasteiger partial charge < -0.3 is 25.5 Å². The standard InChI is InChI=1S/C29H23FN6O4/c30-19-5-3-17(4-6-19)27-23(31)12-13-24(36(27)39)29(38)32-20-7-9-21(10-8-20)40-22-11-14-26-33-25(16-35(26)15-22)34-28(37)18-1-2-18/h3-16,18H,1-2H2,(H4-,31,32,34,37,38,39)/p+1. The molecule has 10 nitrogen and oxygen atoms in total. The van der Waals surface area contributed by atoms with Crippen molar-refractivity contribution in [2.24, 2.45) is 5.92 Å². The highest BCUT2D eigenvalue weighted by Crippen LogP contribution is 2.30. The molecule has 3 aromatic heterocycles. The van der Waals surface area contributed by atoms with Gasteiger partial charge in [0.05, 0.1) is 18.0 Å². The fourth-order valence-corrected chi connectivity index (χ4v) is 4.23. The van der Waals surface area contributed by atoms with E-state index in [1.54, 1.807) is 53.2 Å². The van der Waals surface area contributed by atoms with E-state index in [1.165, 1.54) is 36.4 Å². The first kappa shape index (κ1) is 24.9. The van der Waals surface area contributed by atoms with E-state index >= 15 is 0 Å². The van der Waals surface area contributed by atoms with Crippen LogP contribution in [-0.4, -0.2) is 26.4 Å². The minimum Gasteiger partial charge on any atom is -0.456 e. The molecule has 40 heavy (non-hydrogen) atoms. The highest BCUT2D eigenvalue weighted by atomic mass is 19.1. The van der Waals surface area contributed by atoms with Gasteiger partial charge in [-0.3, -0.25) is 14.8 Å². The molecule has 1 fully saturated rings. The van der Waals surface area contributed by atoms with Crippen LogP contribution in [0.5, 0.6) is 11.5 Å². The van der Waals surface area contributed by atoms with Crippen LogP contribution in [0, 0.1) is 11.7 Å². The zero-order chi connectivity index (χ0) is 27.8. The van der Waals surface area contributed by atoms with Crippen LogP contribution < -0.4 is 25.8 Å². The number of benzene rings is 2. The zero-order valence-electron chi connectivity index (χ0n) is 21.0. The van der Waals surface area contributed by atoms with Gasteiger partial charge in [0.25, 0.3) is 5.69 Å². The Balaban J connectivity index is 1.14. The number of carbonyl (C=O) groups excluding carboxylic acids is 2. The molecule has 200 valence electrons. The maximum absolute atomic E-state index is 13.3. The summed E-state index contributed by atoms with van der Waals surface area (Å²) in [6.07, 6.45) is 5.32. The Labute approximate surface area is 227 Å². The number of rotatable bonds is 7. The summed E-state index contributed by atoms with van der Waals surface area (Å²) in [5.41, 5.74) is 7.94. The van der Waals surface area contributed by atoms with Gasteiger partial charge >= 0.3 is 11.6 Å². The van der Waals surface area contributed by atoms with Gasteiger partial charge in [-0.25, -0.2) is 9.37 Å². The molecule has 5 aromatic rings. The number of halogens is 1. The van der Waals surface area contributed by atoms with Crippen molar-refractivity contribution in [3.63, 3.8) is 0 Å². The summed E-state index contributed by atoms with van der Waals surface area (Å²) < 4.78 is 21.7. The van der Waals surface area contributed by atoms with Crippen LogP contribution >= 0.6 is 0 Å². The quantitative estimate of drug-likeness (QED) is 0.176. The number of pyridine rings is 2. The Morgan fingerprint density at radius 1 is 0.950 bits per heavy atom. The van der Waals surface area contributed by atoms with E-state index in [0.29, 0.717) is 38.9 Å². The third-order valence-corrected chi connectivity index (χ3v) is 6.46. The number of nitrogens with one attached hydrogen (secondary N) is 2. The van der Waals surface area contributed by atoms with Crippen LogP contribution in [0.3, 0.4) is 0 Å². The molecule has 0 atom stereocenters. The van der Waals surface area contributed by atoms with Gasteiger partial charge in [-0.2, -0.15) is 0 Å². The van der Waals surface area contributed by atoms with Gasteiger partial charge in [0.15, 0.2) is 5.82 Å². The number of nitrogens with two attached hydrogens (primary N) is 1. The lowest BCUT2D eigenvalue weighted by atomic mass is 10.1. The van der Waals surface area contributed by atoms with Crippen molar-refractivity contribution in [2.45, 2.75) is 12.8 Å². The lowest BCUT2D eigenvalue weighted by Gasteiger charge is -2.08. The number of carbonyl (C=O) groups is 2. The van der Waals surface area contributed by atoms with Crippen LogP contribution in [0.25, 0.3) is 16.9 Å². The third kappa shape index (κ3) is 5.12. The predicted molar refractivity (Wildman–Crippen MR) is 145 cm³/mol. The van der Waals surface area contributed by atoms with Crippen molar-refractivity contribution in [3.8, 4) is 22.8 Å². The van der Waals surface area contributed by atoms with E-state index in [9.17, 15) is 19.2 Å². The van der Waals surface area contributed by atoms with E-state index in [2.05, 4.69) is 15.6 Å². The molecular weight excluding hydrogens is 515 g/mol. The molecule has 2 aromatic carbocycles. The summed E-state index contributed by atoms with van der Waals surface area (Å²) in [4.78, 5) is 29.3. The Morgan fingerprint density at radius 2 is 1.68 bits per heavy atom. The average molecular weight is 540 g/mol. The number of imidazole rings is 1. The minimum absolute atomic E-state index is 0.00872. The highest BCUT2D eigenvalue weighted by molar-refractivity contribution is 6.02. The summed E-state index contributed by atoms with van der Waals surface area (Å²) in [5.74, 6) is 0.649. The van der Waals surface area contributed by atoms with Gasteiger partial charge in [0, 0.05) is 22.4 Å². The first-order chi connectivity index (χ1) is 19.3. The van der Waals surface area contributed by atoms with Gasteiger partial charge in [0.2, 0.25) is 5.91 Å². The number of nitrogen functional groups attached to an aromatic ring is 1. The van der Waals surface area contributed by atoms with Crippen LogP contribution in [0.1, 0.15) is 23.3 Å². The fourth-order valence-electron chi connectivity index (χ4n) is 4.23. The predicted octanol–water partition coefficient (Wildman–Crippen LogP) is 4.64. The highest BCUT2D eigenvalue weighted by Gasteiger charge is 2.30. The second kappa shape index (κ2) is 10.0. The van der Waals surface area contributed by atoms with E-state index in [-0.39, 0.29) is 28.9 Å². The normalized spacial score (nSPS) is 12.7. The Bertz CT molecular complexity index is 1750. The number of nitrogens with zero attached hydrogens (tertiary/aromatic N) is 3. The number of ether oxygens (including phenoxy) is 1. The molecule has 6 rings (SSSR count). The van der Waals surface area contributed by atoms with Crippen LogP contribution in [0.4, 0.5) is 21.6 Å².